The molecule has 0 aromatic heterocycles. The molecule has 0 aliphatic heterocycles. The zero-order valence-electron chi connectivity index (χ0n) is 19.9. The molecule has 176 valence electrons. The van der Waals surface area contributed by atoms with E-state index in [2.05, 4.69) is 47.0 Å². The Morgan fingerprint density at radius 1 is 0.971 bits per heavy atom. The van der Waals surface area contributed by atoms with Crippen molar-refractivity contribution in [3.63, 3.8) is 0 Å². The highest BCUT2D eigenvalue weighted by molar-refractivity contribution is 9.10. The van der Waals surface area contributed by atoms with Crippen LogP contribution in [0.25, 0.3) is 10.8 Å². The van der Waals surface area contributed by atoms with Crippen molar-refractivity contribution in [3.8, 4) is 12.3 Å². The van der Waals surface area contributed by atoms with Gasteiger partial charge in [0.1, 0.15) is 0 Å². The van der Waals surface area contributed by atoms with Gasteiger partial charge in [-0.05, 0) is 116 Å². The molecule has 3 fully saturated rings. The molecule has 2 aromatic carbocycles. The van der Waals surface area contributed by atoms with E-state index < -0.39 is 5.60 Å². The third kappa shape index (κ3) is 3.32. The van der Waals surface area contributed by atoms with Gasteiger partial charge in [0.2, 0.25) is 0 Å². The second kappa shape index (κ2) is 8.27. The monoisotopic (exact) mass is 516 g/mol. The number of terminal acetylenes is 1. The maximum Gasteiger partial charge on any atom is 0.339 e. The molecule has 34 heavy (non-hydrogen) atoms. The molecule has 2 nitrogen and oxygen atoms in total. The minimum atomic E-state index is -0.808. The number of benzene rings is 2. The molecule has 4 aliphatic rings. The van der Waals surface area contributed by atoms with Crippen molar-refractivity contribution in [2.75, 3.05) is 0 Å². The third-order valence-corrected chi connectivity index (χ3v) is 10.7. The van der Waals surface area contributed by atoms with Gasteiger partial charge in [0.05, 0.1) is 5.56 Å². The lowest BCUT2D eigenvalue weighted by Crippen LogP contribution is -2.54. The Bertz CT molecular complexity index is 1210. The molecule has 0 saturated heterocycles. The van der Waals surface area contributed by atoms with Crippen molar-refractivity contribution >= 4 is 32.7 Å². The van der Waals surface area contributed by atoms with Crippen LogP contribution < -0.4 is 0 Å². The van der Waals surface area contributed by atoms with E-state index >= 15 is 0 Å². The van der Waals surface area contributed by atoms with Gasteiger partial charge >= 0.3 is 5.97 Å². The molecule has 7 atom stereocenters. The van der Waals surface area contributed by atoms with Crippen molar-refractivity contribution in [1.29, 1.82) is 0 Å². The predicted octanol–water partition coefficient (Wildman–Crippen LogP) is 7.95. The SMILES string of the molecule is C#C[C@]1(OC(=O)c2ccc3cc(Br)ccc3c2)CC[C@H]2[C@@H]3CCC4CC=CC[C@@H]4[C@H]3CC[C@@]21C. The fourth-order valence-electron chi connectivity index (χ4n) is 8.41. The summed E-state index contributed by atoms with van der Waals surface area (Å²) in [7, 11) is 0. The number of esters is 1. The van der Waals surface area contributed by atoms with Crippen LogP contribution in [-0.4, -0.2) is 11.6 Å². The summed E-state index contributed by atoms with van der Waals surface area (Å²) in [5.74, 6) is 6.57. The highest BCUT2D eigenvalue weighted by Gasteiger charge is 2.64. The van der Waals surface area contributed by atoms with E-state index in [1.165, 1.54) is 32.1 Å². The van der Waals surface area contributed by atoms with E-state index in [0.717, 1.165) is 58.2 Å². The second-order valence-electron chi connectivity index (χ2n) is 11.4. The molecule has 0 N–H and O–H groups in total. The quantitative estimate of drug-likeness (QED) is 0.230. The van der Waals surface area contributed by atoms with Crippen molar-refractivity contribution in [2.24, 2.45) is 35.0 Å². The van der Waals surface area contributed by atoms with E-state index in [0.29, 0.717) is 11.5 Å². The smallest absolute Gasteiger partial charge is 0.339 e. The van der Waals surface area contributed by atoms with Gasteiger partial charge in [-0.1, -0.05) is 53.1 Å². The highest BCUT2D eigenvalue weighted by Crippen LogP contribution is 2.66. The van der Waals surface area contributed by atoms with Crippen LogP contribution in [0.5, 0.6) is 0 Å². The van der Waals surface area contributed by atoms with Gasteiger partial charge in [0, 0.05) is 9.89 Å². The summed E-state index contributed by atoms with van der Waals surface area (Å²) in [6, 6.07) is 11.9. The van der Waals surface area contributed by atoms with Gasteiger partial charge in [-0.2, -0.15) is 0 Å². The van der Waals surface area contributed by atoms with Crippen molar-refractivity contribution in [2.45, 2.75) is 63.9 Å². The molecular formula is C31H33BrO2. The van der Waals surface area contributed by atoms with Gasteiger partial charge in [0.25, 0.3) is 0 Å². The Balaban J connectivity index is 1.27. The van der Waals surface area contributed by atoms with Crippen LogP contribution in [0.4, 0.5) is 0 Å². The van der Waals surface area contributed by atoms with Gasteiger partial charge in [-0.25, -0.2) is 4.79 Å². The van der Waals surface area contributed by atoms with Gasteiger partial charge in [-0.15, -0.1) is 6.42 Å². The molecule has 0 spiro atoms. The minimum absolute atomic E-state index is 0.141. The first kappa shape index (κ1) is 22.4. The largest absolute Gasteiger partial charge is 0.442 e. The Hall–Kier alpha value is -2.05. The zero-order chi connectivity index (χ0) is 23.5. The number of fused-ring (bicyclic) bond motifs is 6. The Kier molecular flexibility index (Phi) is 5.45. The van der Waals surface area contributed by atoms with E-state index in [-0.39, 0.29) is 11.4 Å². The van der Waals surface area contributed by atoms with E-state index in [1.807, 2.05) is 30.3 Å². The fourth-order valence-corrected chi connectivity index (χ4v) is 8.79. The first-order valence-electron chi connectivity index (χ1n) is 13.0. The molecular weight excluding hydrogens is 484 g/mol. The van der Waals surface area contributed by atoms with E-state index in [1.54, 1.807) is 0 Å². The van der Waals surface area contributed by atoms with E-state index in [9.17, 15) is 4.79 Å². The standard InChI is InChI=1S/C31H33BrO2/c1-3-31(34-29(33)23-9-8-22-19-24(32)12-10-21(22)18-23)17-15-28-27-13-11-20-6-4-5-7-25(20)26(27)14-16-30(28,31)2/h1,4-5,8-10,12,18-20,25-28H,6-7,11,13-17H2,2H3/t20?,25-,26+,27+,28-,30-,31-/m0/s1. The number of ether oxygens (including phenoxy) is 1. The van der Waals surface area contributed by atoms with Crippen LogP contribution in [0.2, 0.25) is 0 Å². The summed E-state index contributed by atoms with van der Waals surface area (Å²) in [6.07, 6.45) is 20.4. The molecule has 0 bridgehead atoms. The van der Waals surface area contributed by atoms with Crippen molar-refractivity contribution in [3.05, 3.63) is 58.6 Å². The Morgan fingerprint density at radius 3 is 2.62 bits per heavy atom. The minimum Gasteiger partial charge on any atom is -0.442 e. The van der Waals surface area contributed by atoms with Crippen LogP contribution in [0.1, 0.15) is 68.6 Å². The average molecular weight is 518 g/mol. The summed E-state index contributed by atoms with van der Waals surface area (Å²) in [4.78, 5) is 13.4. The summed E-state index contributed by atoms with van der Waals surface area (Å²) in [6.45, 7) is 2.33. The molecule has 6 rings (SSSR count). The van der Waals surface area contributed by atoms with Crippen LogP contribution in [0.15, 0.2) is 53.0 Å². The highest BCUT2D eigenvalue weighted by atomic mass is 79.9. The molecule has 0 radical (unpaired) electrons. The number of hydrogen-bond acceptors (Lipinski definition) is 2. The molecule has 4 aliphatic carbocycles. The maximum absolute atomic E-state index is 13.4. The fraction of sp³-hybridized carbons (Fsp3) is 0.516. The lowest BCUT2D eigenvalue weighted by atomic mass is 9.49. The van der Waals surface area contributed by atoms with Crippen LogP contribution in [0.3, 0.4) is 0 Å². The molecule has 2 aromatic rings. The van der Waals surface area contributed by atoms with Crippen molar-refractivity contribution in [1.82, 2.24) is 0 Å². The van der Waals surface area contributed by atoms with Crippen LogP contribution >= 0.6 is 15.9 Å². The first-order chi connectivity index (χ1) is 16.4. The molecule has 3 saturated carbocycles. The summed E-state index contributed by atoms with van der Waals surface area (Å²) < 4.78 is 7.40. The number of halogens is 1. The first-order valence-corrected chi connectivity index (χ1v) is 13.8. The zero-order valence-corrected chi connectivity index (χ0v) is 21.5. The summed E-state index contributed by atoms with van der Waals surface area (Å²) in [5, 5.41) is 2.12. The third-order valence-electron chi connectivity index (χ3n) is 10.2. The number of carbonyl (C=O) groups is 1. The maximum atomic E-state index is 13.4. The Labute approximate surface area is 211 Å². The number of hydrogen-bond donors (Lipinski definition) is 0. The van der Waals surface area contributed by atoms with Crippen LogP contribution in [0, 0.1) is 47.3 Å². The topological polar surface area (TPSA) is 26.3 Å². The lowest BCUT2D eigenvalue weighted by molar-refractivity contribution is -0.106. The summed E-state index contributed by atoms with van der Waals surface area (Å²) in [5.41, 5.74) is -0.366. The summed E-state index contributed by atoms with van der Waals surface area (Å²) >= 11 is 3.52. The van der Waals surface area contributed by atoms with Gasteiger partial charge < -0.3 is 4.74 Å². The second-order valence-corrected chi connectivity index (χ2v) is 12.4. The Morgan fingerprint density at radius 2 is 1.76 bits per heavy atom. The number of carbonyl (C=O) groups excluding carboxylic acids is 1. The lowest BCUT2D eigenvalue weighted by Gasteiger charge is -2.56. The predicted molar refractivity (Wildman–Crippen MR) is 140 cm³/mol. The van der Waals surface area contributed by atoms with Crippen molar-refractivity contribution < 1.29 is 9.53 Å². The van der Waals surface area contributed by atoms with Crippen LogP contribution in [-0.2, 0) is 4.74 Å². The van der Waals surface area contributed by atoms with Gasteiger partial charge in [0.15, 0.2) is 5.60 Å². The number of allylic oxidation sites excluding steroid dienone is 2. The van der Waals surface area contributed by atoms with Gasteiger partial charge in [-0.3, -0.25) is 0 Å². The molecule has 0 heterocycles. The normalized spacial score (nSPS) is 38.4. The molecule has 3 heteroatoms. The average Bonchev–Trinajstić information content (AvgIpc) is 3.15. The molecule has 1 unspecified atom stereocenters. The number of rotatable bonds is 2. The van der Waals surface area contributed by atoms with E-state index in [4.69, 9.17) is 11.2 Å². The molecule has 0 amide bonds.